The highest BCUT2D eigenvalue weighted by Gasteiger charge is 2.26. The standard InChI is InChI=1S/C25H23ClFNO3/c1-14(2)25-20(9-8-19-12-18(29)13-23(30)31-19)24(15-3-6-17(27)7-4-15)21-11-16(26)5-10-22(21)28-25/h3-11,14,18-19,29H,12-13H2,1-2H3/b9-8+. The number of halogens is 2. The van der Waals surface area contributed by atoms with E-state index in [1.54, 1.807) is 24.3 Å². The highest BCUT2D eigenvalue weighted by molar-refractivity contribution is 6.31. The third-order valence-electron chi connectivity index (χ3n) is 5.36. The van der Waals surface area contributed by atoms with Gasteiger partial charge < -0.3 is 9.84 Å². The zero-order valence-corrected chi connectivity index (χ0v) is 18.1. The molecule has 160 valence electrons. The quantitative estimate of drug-likeness (QED) is 0.514. The van der Waals surface area contributed by atoms with Crippen LogP contribution in [0.1, 0.15) is 43.9 Å². The zero-order valence-electron chi connectivity index (χ0n) is 17.3. The first kappa shape index (κ1) is 21.5. The van der Waals surface area contributed by atoms with Crippen molar-refractivity contribution in [3.8, 4) is 11.1 Å². The fourth-order valence-electron chi connectivity index (χ4n) is 3.94. The van der Waals surface area contributed by atoms with Crippen LogP contribution in [-0.4, -0.2) is 28.3 Å². The van der Waals surface area contributed by atoms with Crippen LogP contribution in [0.3, 0.4) is 0 Å². The Bertz CT molecular complexity index is 1160. The normalized spacial score (nSPS) is 19.4. The van der Waals surface area contributed by atoms with Crippen molar-refractivity contribution in [2.45, 2.75) is 44.8 Å². The molecule has 0 aliphatic carbocycles. The maximum atomic E-state index is 13.6. The summed E-state index contributed by atoms with van der Waals surface area (Å²) in [4.78, 5) is 16.6. The van der Waals surface area contributed by atoms with Crippen LogP contribution in [0.5, 0.6) is 0 Å². The Labute approximate surface area is 185 Å². The summed E-state index contributed by atoms with van der Waals surface area (Å²) in [7, 11) is 0. The molecule has 2 unspecified atom stereocenters. The van der Waals surface area contributed by atoms with Gasteiger partial charge in [-0.25, -0.2) is 4.39 Å². The number of aliphatic hydroxyl groups is 1. The van der Waals surface area contributed by atoms with Crippen molar-refractivity contribution in [1.82, 2.24) is 4.98 Å². The van der Waals surface area contributed by atoms with Crippen LogP contribution in [0.2, 0.25) is 5.02 Å². The van der Waals surface area contributed by atoms with Gasteiger partial charge in [0.2, 0.25) is 0 Å². The van der Waals surface area contributed by atoms with Gasteiger partial charge in [-0.05, 0) is 47.9 Å². The van der Waals surface area contributed by atoms with Gasteiger partial charge in [0.25, 0.3) is 0 Å². The van der Waals surface area contributed by atoms with Crippen LogP contribution in [0.25, 0.3) is 28.1 Å². The van der Waals surface area contributed by atoms with E-state index in [9.17, 15) is 14.3 Å². The molecule has 0 bridgehead atoms. The number of aromatic nitrogens is 1. The molecule has 2 aromatic carbocycles. The van der Waals surface area contributed by atoms with Crippen LogP contribution in [-0.2, 0) is 9.53 Å². The van der Waals surface area contributed by atoms with Gasteiger partial charge in [0.15, 0.2) is 0 Å². The summed E-state index contributed by atoms with van der Waals surface area (Å²) in [5.41, 5.74) is 4.23. The van der Waals surface area contributed by atoms with Crippen molar-refractivity contribution in [2.75, 3.05) is 0 Å². The average Bonchev–Trinajstić information content (AvgIpc) is 2.71. The summed E-state index contributed by atoms with van der Waals surface area (Å²) in [6, 6.07) is 11.8. The van der Waals surface area contributed by atoms with Crippen molar-refractivity contribution >= 4 is 34.5 Å². The van der Waals surface area contributed by atoms with Crippen LogP contribution in [0.4, 0.5) is 4.39 Å². The molecule has 1 N–H and O–H groups in total. The molecule has 1 saturated heterocycles. The van der Waals surface area contributed by atoms with Gasteiger partial charge >= 0.3 is 5.97 Å². The number of pyridine rings is 1. The van der Waals surface area contributed by atoms with Crippen molar-refractivity contribution in [3.05, 3.63) is 70.6 Å². The number of rotatable bonds is 4. The SMILES string of the molecule is CC(C)c1nc2ccc(Cl)cc2c(-c2ccc(F)cc2)c1/C=C/C1CC(O)CC(=O)O1. The molecule has 1 aliphatic rings. The summed E-state index contributed by atoms with van der Waals surface area (Å²) in [6.07, 6.45) is 2.79. The van der Waals surface area contributed by atoms with Gasteiger partial charge in [0.05, 0.1) is 23.7 Å². The Balaban J connectivity index is 1.94. The number of hydrogen-bond donors (Lipinski definition) is 1. The largest absolute Gasteiger partial charge is 0.458 e. The monoisotopic (exact) mass is 439 g/mol. The molecule has 1 aliphatic heterocycles. The molecule has 2 atom stereocenters. The number of esters is 1. The van der Waals surface area contributed by atoms with Crippen molar-refractivity contribution in [3.63, 3.8) is 0 Å². The first-order valence-electron chi connectivity index (χ1n) is 10.3. The molecule has 1 aromatic heterocycles. The Morgan fingerprint density at radius 3 is 2.65 bits per heavy atom. The zero-order chi connectivity index (χ0) is 22.1. The number of hydrogen-bond acceptors (Lipinski definition) is 4. The molecule has 1 fully saturated rings. The van der Waals surface area contributed by atoms with Crippen LogP contribution < -0.4 is 0 Å². The van der Waals surface area contributed by atoms with Gasteiger partial charge in [0, 0.05) is 28.0 Å². The van der Waals surface area contributed by atoms with Gasteiger partial charge in [-0.15, -0.1) is 0 Å². The van der Waals surface area contributed by atoms with Gasteiger partial charge in [0.1, 0.15) is 11.9 Å². The number of aliphatic hydroxyl groups excluding tert-OH is 1. The van der Waals surface area contributed by atoms with Crippen molar-refractivity contribution in [2.24, 2.45) is 0 Å². The van der Waals surface area contributed by atoms with E-state index in [1.807, 2.05) is 18.2 Å². The molecule has 2 heterocycles. The number of benzene rings is 2. The number of carbonyl (C=O) groups is 1. The first-order valence-corrected chi connectivity index (χ1v) is 10.6. The van der Waals surface area contributed by atoms with E-state index in [4.69, 9.17) is 21.3 Å². The maximum absolute atomic E-state index is 13.6. The highest BCUT2D eigenvalue weighted by atomic mass is 35.5. The number of cyclic esters (lactones) is 1. The molecule has 0 amide bonds. The summed E-state index contributed by atoms with van der Waals surface area (Å²) in [6.45, 7) is 4.11. The van der Waals surface area contributed by atoms with Gasteiger partial charge in [-0.3, -0.25) is 9.78 Å². The van der Waals surface area contributed by atoms with Crippen LogP contribution in [0.15, 0.2) is 48.5 Å². The molecule has 0 spiro atoms. The van der Waals surface area contributed by atoms with Gasteiger partial charge in [-0.2, -0.15) is 0 Å². The molecule has 3 aromatic rings. The predicted octanol–water partition coefficient (Wildman–Crippen LogP) is 5.90. The number of carbonyl (C=O) groups excluding carboxylic acids is 1. The smallest absolute Gasteiger partial charge is 0.309 e. The van der Waals surface area contributed by atoms with Crippen molar-refractivity contribution in [1.29, 1.82) is 0 Å². The molecule has 4 rings (SSSR count). The molecule has 6 heteroatoms. The number of ether oxygens (including phenoxy) is 1. The average molecular weight is 440 g/mol. The molecule has 4 nitrogen and oxygen atoms in total. The fraction of sp³-hybridized carbons (Fsp3) is 0.280. The minimum Gasteiger partial charge on any atom is -0.458 e. The predicted molar refractivity (Wildman–Crippen MR) is 120 cm³/mol. The van der Waals surface area contributed by atoms with E-state index in [0.717, 1.165) is 33.3 Å². The van der Waals surface area contributed by atoms with Gasteiger partial charge in [-0.1, -0.05) is 43.7 Å². The molecule has 0 saturated carbocycles. The molecular formula is C25H23ClFNO3. The van der Waals surface area contributed by atoms with E-state index in [2.05, 4.69) is 13.8 Å². The van der Waals surface area contributed by atoms with Crippen LogP contribution >= 0.6 is 11.6 Å². The van der Waals surface area contributed by atoms with E-state index in [0.29, 0.717) is 11.4 Å². The molecular weight excluding hydrogens is 417 g/mol. The third-order valence-corrected chi connectivity index (χ3v) is 5.60. The molecule has 0 radical (unpaired) electrons. The number of nitrogens with zero attached hydrogens (tertiary/aromatic N) is 1. The lowest BCUT2D eigenvalue weighted by Crippen LogP contribution is -2.31. The van der Waals surface area contributed by atoms with E-state index < -0.39 is 18.2 Å². The summed E-state index contributed by atoms with van der Waals surface area (Å²) >= 11 is 6.30. The Kier molecular flexibility index (Phi) is 6.08. The fourth-order valence-corrected chi connectivity index (χ4v) is 4.11. The Morgan fingerprint density at radius 1 is 1.23 bits per heavy atom. The minimum atomic E-state index is -0.717. The highest BCUT2D eigenvalue weighted by Crippen LogP contribution is 2.38. The topological polar surface area (TPSA) is 59.4 Å². The summed E-state index contributed by atoms with van der Waals surface area (Å²) < 4.78 is 19.0. The third kappa shape index (κ3) is 4.63. The molecule has 31 heavy (non-hydrogen) atoms. The second-order valence-electron chi connectivity index (χ2n) is 8.09. The lowest BCUT2D eigenvalue weighted by molar-refractivity contribution is -0.156. The van der Waals surface area contributed by atoms with E-state index >= 15 is 0 Å². The summed E-state index contributed by atoms with van der Waals surface area (Å²) in [5.74, 6) is -0.623. The minimum absolute atomic E-state index is 0.0123. The lowest BCUT2D eigenvalue weighted by atomic mass is 9.90. The Morgan fingerprint density at radius 2 is 1.97 bits per heavy atom. The first-order chi connectivity index (χ1) is 14.8. The summed E-state index contributed by atoms with van der Waals surface area (Å²) in [5, 5.41) is 11.4. The lowest BCUT2D eigenvalue weighted by Gasteiger charge is -2.24. The maximum Gasteiger partial charge on any atom is 0.309 e. The van der Waals surface area contributed by atoms with Crippen LogP contribution in [0, 0.1) is 5.82 Å². The van der Waals surface area contributed by atoms with Crippen molar-refractivity contribution < 1.29 is 19.0 Å². The Hall–Kier alpha value is -2.76. The van der Waals surface area contributed by atoms with E-state index in [-0.39, 0.29) is 18.2 Å². The number of fused-ring (bicyclic) bond motifs is 1. The van der Waals surface area contributed by atoms with E-state index in [1.165, 1.54) is 12.1 Å². The second-order valence-corrected chi connectivity index (χ2v) is 8.53. The second kappa shape index (κ2) is 8.77.